The molecule has 0 heterocycles. The fraction of sp³-hybridized carbons (Fsp3) is 0.375. The first-order chi connectivity index (χ1) is 19.5. The van der Waals surface area contributed by atoms with Gasteiger partial charge in [-0.25, -0.2) is 8.42 Å². The van der Waals surface area contributed by atoms with Gasteiger partial charge < -0.3 is 10.2 Å². The lowest BCUT2D eigenvalue weighted by atomic mass is 10.0. The van der Waals surface area contributed by atoms with Crippen LogP contribution in [0.1, 0.15) is 48.4 Å². The Labute approximate surface area is 249 Å². The van der Waals surface area contributed by atoms with Crippen molar-refractivity contribution in [2.75, 3.05) is 23.7 Å². The molecule has 0 saturated heterocycles. The van der Waals surface area contributed by atoms with Gasteiger partial charge in [-0.3, -0.25) is 13.9 Å². The van der Waals surface area contributed by atoms with E-state index >= 15 is 0 Å². The van der Waals surface area contributed by atoms with Gasteiger partial charge in [0.15, 0.2) is 0 Å². The maximum absolute atomic E-state index is 13.9. The van der Waals surface area contributed by atoms with Crippen molar-refractivity contribution in [1.29, 1.82) is 0 Å². The van der Waals surface area contributed by atoms with Crippen LogP contribution in [-0.4, -0.2) is 50.5 Å². The maximum Gasteiger partial charge on any atom is 0.243 e. The normalized spacial score (nSPS) is 12.0. The molecule has 3 aromatic rings. The minimum Gasteiger partial charge on any atom is -0.354 e. The lowest BCUT2D eigenvalue weighted by Gasteiger charge is -2.32. The third-order valence-corrected chi connectivity index (χ3v) is 8.26. The Morgan fingerprint density at radius 3 is 2.32 bits per heavy atom. The van der Waals surface area contributed by atoms with E-state index in [0.717, 1.165) is 34.9 Å². The van der Waals surface area contributed by atoms with Gasteiger partial charge in [-0.2, -0.15) is 0 Å². The average molecular weight is 598 g/mol. The summed E-state index contributed by atoms with van der Waals surface area (Å²) in [5, 5.41) is 3.41. The van der Waals surface area contributed by atoms with E-state index in [1.807, 2.05) is 75.4 Å². The lowest BCUT2D eigenvalue weighted by molar-refractivity contribution is -0.141. The number of carbonyl (C=O) groups excluding carboxylic acids is 2. The number of nitrogens with zero attached hydrogens (tertiary/aromatic N) is 2. The first kappa shape index (κ1) is 32.2. The number of aryl methyl sites for hydroxylation is 2. The Hall–Kier alpha value is -3.36. The van der Waals surface area contributed by atoms with E-state index in [2.05, 4.69) is 5.32 Å². The van der Waals surface area contributed by atoms with Crippen LogP contribution in [0, 0.1) is 13.8 Å². The quantitative estimate of drug-likeness (QED) is 0.259. The molecule has 3 rings (SSSR count). The summed E-state index contributed by atoms with van der Waals surface area (Å²) in [5.41, 5.74) is 4.19. The molecule has 1 N–H and O–H groups in total. The standard InChI is InChI=1S/C32H40ClN3O4S/c1-5-18-34-32(38)30(21-26-12-7-6-8-13-26)35(23-27-14-9-11-24(2)20-27)31(37)15-10-19-36(41(4,39)40)29-22-28(33)17-16-25(29)3/h6-9,11-14,16-17,20,22,30H,5,10,15,18-19,21,23H2,1-4H3,(H,34,38)/t30-/m0/s1. The van der Waals surface area contributed by atoms with Crippen LogP contribution in [0.25, 0.3) is 0 Å². The third-order valence-electron chi connectivity index (χ3n) is 6.85. The summed E-state index contributed by atoms with van der Waals surface area (Å²) < 4.78 is 26.7. The van der Waals surface area contributed by atoms with Crippen LogP contribution >= 0.6 is 11.6 Å². The van der Waals surface area contributed by atoms with Crippen molar-refractivity contribution in [3.05, 3.63) is 100 Å². The van der Waals surface area contributed by atoms with E-state index < -0.39 is 16.1 Å². The summed E-state index contributed by atoms with van der Waals surface area (Å²) in [6, 6.07) is 21.9. The molecule has 0 aromatic heterocycles. The highest BCUT2D eigenvalue weighted by Gasteiger charge is 2.30. The zero-order valence-corrected chi connectivity index (χ0v) is 25.8. The zero-order valence-electron chi connectivity index (χ0n) is 24.3. The Morgan fingerprint density at radius 2 is 1.66 bits per heavy atom. The van der Waals surface area contributed by atoms with Crippen molar-refractivity contribution in [3.63, 3.8) is 0 Å². The van der Waals surface area contributed by atoms with Crippen LogP contribution in [0.3, 0.4) is 0 Å². The van der Waals surface area contributed by atoms with Crippen molar-refractivity contribution >= 4 is 39.1 Å². The predicted octanol–water partition coefficient (Wildman–Crippen LogP) is 5.67. The fourth-order valence-electron chi connectivity index (χ4n) is 4.76. The van der Waals surface area contributed by atoms with E-state index in [4.69, 9.17) is 11.6 Å². The highest BCUT2D eigenvalue weighted by atomic mass is 35.5. The molecular weight excluding hydrogens is 558 g/mol. The second-order valence-corrected chi connectivity index (χ2v) is 12.7. The van der Waals surface area contributed by atoms with Crippen LogP contribution in [0.15, 0.2) is 72.8 Å². The van der Waals surface area contributed by atoms with Crippen LogP contribution < -0.4 is 9.62 Å². The SMILES string of the molecule is CCCNC(=O)[C@H](Cc1ccccc1)N(Cc1cccc(C)c1)C(=O)CCCN(c1cc(Cl)ccc1C)S(C)(=O)=O. The van der Waals surface area contributed by atoms with Gasteiger partial charge in [0.1, 0.15) is 6.04 Å². The topological polar surface area (TPSA) is 86.8 Å². The monoisotopic (exact) mass is 597 g/mol. The maximum atomic E-state index is 13.9. The van der Waals surface area contributed by atoms with E-state index in [1.54, 1.807) is 23.1 Å². The smallest absolute Gasteiger partial charge is 0.243 e. The lowest BCUT2D eigenvalue weighted by Crippen LogP contribution is -2.50. The zero-order chi connectivity index (χ0) is 30.0. The Balaban J connectivity index is 1.89. The Bertz CT molecular complexity index is 1430. The molecule has 0 unspecified atom stereocenters. The summed E-state index contributed by atoms with van der Waals surface area (Å²) in [4.78, 5) is 29.0. The van der Waals surface area contributed by atoms with Crippen molar-refractivity contribution in [2.24, 2.45) is 0 Å². The number of sulfonamides is 1. The summed E-state index contributed by atoms with van der Waals surface area (Å²) in [5.74, 6) is -0.417. The van der Waals surface area contributed by atoms with Gasteiger partial charge in [0.2, 0.25) is 21.8 Å². The number of rotatable bonds is 14. The van der Waals surface area contributed by atoms with Gasteiger partial charge in [0.25, 0.3) is 0 Å². The van der Waals surface area contributed by atoms with Crippen molar-refractivity contribution < 1.29 is 18.0 Å². The summed E-state index contributed by atoms with van der Waals surface area (Å²) in [6.45, 7) is 6.68. The molecule has 0 aliphatic heterocycles. The Morgan fingerprint density at radius 1 is 0.951 bits per heavy atom. The number of carbonyl (C=O) groups is 2. The minimum atomic E-state index is -3.62. The van der Waals surface area contributed by atoms with Gasteiger partial charge in [-0.15, -0.1) is 0 Å². The number of halogens is 1. The highest BCUT2D eigenvalue weighted by molar-refractivity contribution is 7.92. The van der Waals surface area contributed by atoms with Gasteiger partial charge in [-0.1, -0.05) is 84.8 Å². The summed E-state index contributed by atoms with van der Waals surface area (Å²) in [7, 11) is -3.62. The average Bonchev–Trinajstić information content (AvgIpc) is 2.93. The summed E-state index contributed by atoms with van der Waals surface area (Å²) >= 11 is 6.17. The molecule has 220 valence electrons. The molecule has 0 radical (unpaired) electrons. The first-order valence-electron chi connectivity index (χ1n) is 13.9. The van der Waals surface area contributed by atoms with Gasteiger partial charge in [-0.05, 0) is 55.5 Å². The molecule has 9 heteroatoms. The number of benzene rings is 3. The molecule has 1 atom stereocenters. The van der Waals surface area contributed by atoms with E-state index in [0.29, 0.717) is 23.7 Å². The second kappa shape index (κ2) is 15.0. The number of nitrogens with one attached hydrogen (secondary N) is 1. The van der Waals surface area contributed by atoms with E-state index in [1.165, 1.54) is 4.31 Å². The molecule has 0 saturated carbocycles. The number of anilines is 1. The number of hydrogen-bond donors (Lipinski definition) is 1. The van der Waals surface area contributed by atoms with Crippen LogP contribution in [0.5, 0.6) is 0 Å². The summed E-state index contributed by atoms with van der Waals surface area (Å²) in [6.07, 6.45) is 2.64. The van der Waals surface area contributed by atoms with Crippen molar-refractivity contribution in [1.82, 2.24) is 10.2 Å². The molecule has 41 heavy (non-hydrogen) atoms. The molecule has 0 spiro atoms. The van der Waals surface area contributed by atoms with Gasteiger partial charge >= 0.3 is 0 Å². The molecule has 0 fully saturated rings. The Kier molecular flexibility index (Phi) is 11.8. The number of amides is 2. The minimum absolute atomic E-state index is 0.0732. The molecule has 7 nitrogen and oxygen atoms in total. The molecule has 0 bridgehead atoms. The van der Waals surface area contributed by atoms with Gasteiger partial charge in [0.05, 0.1) is 11.9 Å². The van der Waals surface area contributed by atoms with E-state index in [9.17, 15) is 18.0 Å². The molecule has 3 aromatic carbocycles. The molecular formula is C32H40ClN3O4S. The molecule has 0 aliphatic rings. The second-order valence-electron chi connectivity index (χ2n) is 10.4. The van der Waals surface area contributed by atoms with Crippen LogP contribution in [0.2, 0.25) is 5.02 Å². The van der Waals surface area contributed by atoms with Crippen LogP contribution in [-0.2, 0) is 32.6 Å². The van der Waals surface area contributed by atoms with Crippen LogP contribution in [0.4, 0.5) is 5.69 Å². The third kappa shape index (κ3) is 9.61. The molecule has 0 aliphatic carbocycles. The largest absolute Gasteiger partial charge is 0.354 e. The first-order valence-corrected chi connectivity index (χ1v) is 16.1. The highest BCUT2D eigenvalue weighted by Crippen LogP contribution is 2.27. The van der Waals surface area contributed by atoms with Crippen molar-refractivity contribution in [3.8, 4) is 0 Å². The molecule has 2 amide bonds. The van der Waals surface area contributed by atoms with E-state index in [-0.39, 0.29) is 37.7 Å². The predicted molar refractivity (Wildman–Crippen MR) is 167 cm³/mol. The van der Waals surface area contributed by atoms with Crippen molar-refractivity contribution in [2.45, 2.75) is 59.0 Å². The van der Waals surface area contributed by atoms with Gasteiger partial charge in [0, 0.05) is 37.5 Å². The number of hydrogen-bond acceptors (Lipinski definition) is 4. The fourth-order valence-corrected chi connectivity index (χ4v) is 5.94.